The molecule has 2 aromatic carbocycles. The molecule has 4 rings (SSSR count). The summed E-state index contributed by atoms with van der Waals surface area (Å²) in [6, 6.07) is 14.5. The second kappa shape index (κ2) is 9.45. The number of para-hydroxylation sites is 1. The van der Waals surface area contributed by atoms with Crippen LogP contribution in [0.25, 0.3) is 0 Å². The van der Waals surface area contributed by atoms with Gasteiger partial charge in [-0.3, -0.25) is 4.79 Å². The van der Waals surface area contributed by atoms with Gasteiger partial charge in [0.25, 0.3) is 0 Å². The zero-order valence-electron chi connectivity index (χ0n) is 17.1. The molecule has 1 N–H and O–H groups in total. The molecule has 0 aliphatic carbocycles. The van der Waals surface area contributed by atoms with Crippen LogP contribution in [-0.2, 0) is 21.4 Å². The number of carbonyl (C=O) groups is 1. The molecule has 0 unspecified atom stereocenters. The molecular formula is C21H22FN5O4S. The van der Waals surface area contributed by atoms with Gasteiger partial charge in [0.1, 0.15) is 28.8 Å². The zero-order chi connectivity index (χ0) is 22.6. The number of benzene rings is 2. The molecule has 0 radical (unpaired) electrons. The number of hydrogen-bond acceptors (Lipinski definition) is 6. The summed E-state index contributed by atoms with van der Waals surface area (Å²) in [6.45, 7) is 1.10. The second-order valence-electron chi connectivity index (χ2n) is 7.32. The summed E-state index contributed by atoms with van der Waals surface area (Å²) in [4.78, 5) is 13.5. The number of nitrogens with zero attached hydrogens (tertiary/aromatic N) is 4. The van der Waals surface area contributed by atoms with Crippen molar-refractivity contribution in [3.63, 3.8) is 0 Å². The predicted molar refractivity (Wildman–Crippen MR) is 113 cm³/mol. The number of rotatable bonds is 9. The number of halogens is 1. The Morgan fingerprint density at radius 3 is 2.59 bits per heavy atom. The van der Waals surface area contributed by atoms with E-state index in [1.807, 2.05) is 30.3 Å². The lowest BCUT2D eigenvalue weighted by atomic mass is 10.1. The number of likely N-dealkylation sites (tertiary alicyclic amines) is 1. The average molecular weight is 460 g/mol. The van der Waals surface area contributed by atoms with Crippen molar-refractivity contribution in [2.24, 2.45) is 0 Å². The van der Waals surface area contributed by atoms with Gasteiger partial charge < -0.3 is 9.64 Å². The average Bonchev–Trinajstić information content (AvgIpc) is 3.20. The lowest BCUT2D eigenvalue weighted by Gasteiger charge is -2.38. The van der Waals surface area contributed by atoms with Gasteiger partial charge in [-0.05, 0) is 24.3 Å². The van der Waals surface area contributed by atoms with E-state index in [4.69, 9.17) is 4.74 Å². The van der Waals surface area contributed by atoms with Crippen LogP contribution in [0.4, 0.5) is 4.39 Å². The van der Waals surface area contributed by atoms with Crippen molar-refractivity contribution in [3.8, 4) is 5.75 Å². The third-order valence-corrected chi connectivity index (χ3v) is 6.53. The molecule has 3 aromatic rings. The normalized spacial score (nSPS) is 14.2. The molecule has 11 heteroatoms. The van der Waals surface area contributed by atoms with E-state index >= 15 is 0 Å². The first-order valence-corrected chi connectivity index (χ1v) is 11.5. The van der Waals surface area contributed by atoms with Crippen LogP contribution in [0.1, 0.15) is 18.2 Å². The van der Waals surface area contributed by atoms with Crippen LogP contribution in [0.15, 0.2) is 65.7 Å². The minimum absolute atomic E-state index is 0.00651. The van der Waals surface area contributed by atoms with E-state index in [1.165, 1.54) is 18.2 Å². The minimum Gasteiger partial charge on any atom is -0.487 e. The number of nitrogens with one attached hydrogen (secondary N) is 1. The van der Waals surface area contributed by atoms with Crippen molar-refractivity contribution in [2.75, 3.05) is 19.6 Å². The molecular weight excluding hydrogens is 437 g/mol. The van der Waals surface area contributed by atoms with E-state index in [1.54, 1.807) is 15.8 Å². The van der Waals surface area contributed by atoms with E-state index < -0.39 is 20.7 Å². The number of carbonyl (C=O) groups excluding carboxylic acids is 1. The van der Waals surface area contributed by atoms with Crippen molar-refractivity contribution < 1.29 is 22.3 Å². The number of aromatic nitrogens is 3. The Balaban J connectivity index is 1.21. The molecule has 1 aliphatic rings. The maximum Gasteiger partial charge on any atom is 0.243 e. The van der Waals surface area contributed by atoms with Crippen LogP contribution in [0.3, 0.4) is 0 Å². The number of hydrogen-bond donors (Lipinski definition) is 1. The summed E-state index contributed by atoms with van der Waals surface area (Å²) >= 11 is 0. The molecule has 2 heterocycles. The number of ether oxygens (including phenoxy) is 1. The Morgan fingerprint density at radius 2 is 1.84 bits per heavy atom. The van der Waals surface area contributed by atoms with Gasteiger partial charge in [-0.2, -0.15) is 0 Å². The van der Waals surface area contributed by atoms with Crippen LogP contribution < -0.4 is 9.46 Å². The maximum atomic E-state index is 13.7. The van der Waals surface area contributed by atoms with Crippen molar-refractivity contribution in [1.29, 1.82) is 0 Å². The van der Waals surface area contributed by atoms with Crippen LogP contribution in [0.2, 0.25) is 0 Å². The summed E-state index contributed by atoms with van der Waals surface area (Å²) in [5.41, 5.74) is 0.682. The fraction of sp³-hybridized carbons (Fsp3) is 0.286. The first kappa shape index (κ1) is 21.9. The fourth-order valence-electron chi connectivity index (χ4n) is 3.25. The Bertz CT molecular complexity index is 1180. The molecule has 1 amide bonds. The van der Waals surface area contributed by atoms with Crippen LogP contribution in [0.5, 0.6) is 5.75 Å². The van der Waals surface area contributed by atoms with Crippen LogP contribution in [0, 0.1) is 5.82 Å². The summed E-state index contributed by atoms with van der Waals surface area (Å²) < 4.78 is 47.6. The van der Waals surface area contributed by atoms with Gasteiger partial charge in [0, 0.05) is 26.1 Å². The van der Waals surface area contributed by atoms with E-state index in [-0.39, 0.29) is 24.9 Å². The largest absolute Gasteiger partial charge is 0.487 e. The molecule has 0 spiro atoms. The van der Waals surface area contributed by atoms with Gasteiger partial charge in [0.2, 0.25) is 15.9 Å². The molecule has 0 saturated carbocycles. The monoisotopic (exact) mass is 459 g/mol. The molecule has 0 atom stereocenters. The topological polar surface area (TPSA) is 106 Å². The Labute approximate surface area is 184 Å². The highest BCUT2D eigenvalue weighted by atomic mass is 32.2. The first-order chi connectivity index (χ1) is 15.4. The first-order valence-electron chi connectivity index (χ1n) is 10.0. The SMILES string of the molecule is O=C(CCNS(=O)(=O)c1ccccc1F)N1CC(n2cc(COc3ccccc3)nn2)C1. The molecule has 1 saturated heterocycles. The minimum atomic E-state index is -4.01. The molecule has 1 fully saturated rings. The zero-order valence-corrected chi connectivity index (χ0v) is 17.9. The van der Waals surface area contributed by atoms with Crippen LogP contribution in [-0.4, -0.2) is 53.9 Å². The molecule has 0 bridgehead atoms. The Kier molecular flexibility index (Phi) is 6.47. The quantitative estimate of drug-likeness (QED) is 0.523. The van der Waals surface area contributed by atoms with E-state index in [0.29, 0.717) is 25.4 Å². The molecule has 32 heavy (non-hydrogen) atoms. The highest BCUT2D eigenvalue weighted by molar-refractivity contribution is 7.89. The summed E-state index contributed by atoms with van der Waals surface area (Å²) in [7, 11) is -4.01. The Morgan fingerprint density at radius 1 is 1.12 bits per heavy atom. The van der Waals surface area contributed by atoms with Gasteiger partial charge in [0.05, 0.1) is 12.2 Å². The van der Waals surface area contributed by atoms with Gasteiger partial charge in [-0.25, -0.2) is 22.2 Å². The summed E-state index contributed by atoms with van der Waals surface area (Å²) in [5, 5.41) is 8.20. The van der Waals surface area contributed by atoms with Crippen LogP contribution >= 0.6 is 0 Å². The standard InChI is InChI=1S/C21H22FN5O4S/c22-19-8-4-5-9-20(19)32(29,30)23-11-10-21(28)26-13-17(14-26)27-12-16(24-25-27)15-31-18-6-2-1-3-7-18/h1-9,12,17,23H,10-11,13-15H2. The van der Waals surface area contributed by atoms with Gasteiger partial charge in [-0.1, -0.05) is 35.5 Å². The molecule has 1 aromatic heterocycles. The highest BCUT2D eigenvalue weighted by Gasteiger charge is 2.32. The van der Waals surface area contributed by atoms with Gasteiger partial charge in [0.15, 0.2) is 0 Å². The third-order valence-electron chi connectivity index (χ3n) is 5.03. The second-order valence-corrected chi connectivity index (χ2v) is 9.06. The molecule has 1 aliphatic heterocycles. The van der Waals surface area contributed by atoms with Crippen molar-refractivity contribution in [1.82, 2.24) is 24.6 Å². The smallest absolute Gasteiger partial charge is 0.243 e. The highest BCUT2D eigenvalue weighted by Crippen LogP contribution is 2.21. The Hall–Kier alpha value is -3.31. The van der Waals surface area contributed by atoms with Crippen molar-refractivity contribution >= 4 is 15.9 Å². The van der Waals surface area contributed by atoms with E-state index in [9.17, 15) is 17.6 Å². The van der Waals surface area contributed by atoms with E-state index in [0.717, 1.165) is 11.8 Å². The van der Waals surface area contributed by atoms with E-state index in [2.05, 4.69) is 15.0 Å². The van der Waals surface area contributed by atoms with Gasteiger partial charge in [-0.15, -0.1) is 5.10 Å². The van der Waals surface area contributed by atoms with Gasteiger partial charge >= 0.3 is 0 Å². The summed E-state index contributed by atoms with van der Waals surface area (Å²) in [5.74, 6) is -0.281. The lowest BCUT2D eigenvalue weighted by molar-refractivity contribution is -0.137. The van der Waals surface area contributed by atoms with Crippen molar-refractivity contribution in [3.05, 3.63) is 72.3 Å². The maximum absolute atomic E-state index is 13.7. The molecule has 9 nitrogen and oxygen atoms in total. The fourth-order valence-corrected chi connectivity index (χ4v) is 4.36. The summed E-state index contributed by atoms with van der Waals surface area (Å²) in [6.07, 6.45) is 1.77. The number of amides is 1. The third kappa shape index (κ3) is 5.11. The predicted octanol–water partition coefficient (Wildman–Crippen LogP) is 1.75. The van der Waals surface area contributed by atoms with Crippen molar-refractivity contribution in [2.45, 2.75) is 24.0 Å². The number of sulfonamides is 1. The molecule has 168 valence electrons. The lowest BCUT2D eigenvalue weighted by Crippen LogP contribution is -2.51.